The lowest BCUT2D eigenvalue weighted by molar-refractivity contribution is -0.149. The highest BCUT2D eigenvalue weighted by Gasteiger charge is 2.18. The molecule has 0 saturated heterocycles. The SMILES string of the molecule is C#CCNC(=O)COC(=O)[C@H](C)NC(=O)c1ccc(Br)cc1. The number of benzene rings is 1. The van der Waals surface area contributed by atoms with E-state index in [4.69, 9.17) is 11.2 Å². The highest BCUT2D eigenvalue weighted by molar-refractivity contribution is 9.10. The third-order valence-corrected chi connectivity index (χ3v) is 3.07. The van der Waals surface area contributed by atoms with Crippen LogP contribution in [0.5, 0.6) is 0 Å². The number of carbonyl (C=O) groups excluding carboxylic acids is 3. The van der Waals surface area contributed by atoms with Crippen molar-refractivity contribution in [2.45, 2.75) is 13.0 Å². The normalized spacial score (nSPS) is 11.0. The lowest BCUT2D eigenvalue weighted by Crippen LogP contribution is -2.41. The molecule has 0 saturated carbocycles. The maximum Gasteiger partial charge on any atom is 0.328 e. The second-order valence-electron chi connectivity index (χ2n) is 4.29. The van der Waals surface area contributed by atoms with E-state index < -0.39 is 30.4 Å². The molecule has 0 aliphatic carbocycles. The molecule has 22 heavy (non-hydrogen) atoms. The van der Waals surface area contributed by atoms with Crippen LogP contribution < -0.4 is 10.6 Å². The average molecular weight is 367 g/mol. The summed E-state index contributed by atoms with van der Waals surface area (Å²) >= 11 is 3.26. The van der Waals surface area contributed by atoms with Crippen molar-refractivity contribution in [2.24, 2.45) is 0 Å². The second kappa shape index (κ2) is 8.85. The molecule has 0 aromatic heterocycles. The van der Waals surface area contributed by atoms with Crippen LogP contribution in [0.1, 0.15) is 17.3 Å². The van der Waals surface area contributed by atoms with Crippen LogP contribution in [0.15, 0.2) is 28.7 Å². The molecule has 1 rings (SSSR count). The van der Waals surface area contributed by atoms with Crippen LogP contribution in [0.4, 0.5) is 0 Å². The van der Waals surface area contributed by atoms with E-state index in [1.165, 1.54) is 6.92 Å². The van der Waals surface area contributed by atoms with Gasteiger partial charge in [0.05, 0.1) is 6.54 Å². The summed E-state index contributed by atoms with van der Waals surface area (Å²) in [7, 11) is 0. The molecule has 0 radical (unpaired) electrons. The maximum atomic E-state index is 11.9. The first-order valence-corrected chi connectivity index (χ1v) is 7.16. The standard InChI is InChI=1S/C15H15BrN2O4/c1-3-8-17-13(19)9-22-15(21)10(2)18-14(20)11-4-6-12(16)7-5-11/h1,4-7,10H,8-9H2,2H3,(H,17,19)(H,18,20)/t10-/m0/s1. The second-order valence-corrected chi connectivity index (χ2v) is 5.21. The van der Waals surface area contributed by atoms with E-state index >= 15 is 0 Å². The number of esters is 1. The zero-order chi connectivity index (χ0) is 16.5. The number of rotatable bonds is 6. The monoisotopic (exact) mass is 366 g/mol. The van der Waals surface area contributed by atoms with Crippen LogP contribution in [0.3, 0.4) is 0 Å². The van der Waals surface area contributed by atoms with E-state index in [9.17, 15) is 14.4 Å². The minimum Gasteiger partial charge on any atom is -0.454 e. The number of hydrogen-bond acceptors (Lipinski definition) is 4. The summed E-state index contributed by atoms with van der Waals surface area (Å²) in [6.07, 6.45) is 4.98. The predicted octanol–water partition coefficient (Wildman–Crippen LogP) is 0.860. The van der Waals surface area contributed by atoms with Crippen LogP contribution in [0, 0.1) is 12.3 Å². The molecule has 0 fully saturated rings. The molecule has 116 valence electrons. The lowest BCUT2D eigenvalue weighted by atomic mass is 10.2. The van der Waals surface area contributed by atoms with Gasteiger partial charge in [-0.25, -0.2) is 4.79 Å². The first kappa shape index (κ1) is 17.7. The van der Waals surface area contributed by atoms with E-state index in [1.807, 2.05) is 0 Å². The van der Waals surface area contributed by atoms with Gasteiger partial charge in [0, 0.05) is 10.0 Å². The molecular weight excluding hydrogens is 352 g/mol. The van der Waals surface area contributed by atoms with Crippen molar-refractivity contribution in [2.75, 3.05) is 13.2 Å². The molecule has 2 amide bonds. The van der Waals surface area contributed by atoms with Crippen molar-refractivity contribution in [3.8, 4) is 12.3 Å². The molecule has 1 atom stereocenters. The van der Waals surface area contributed by atoms with Gasteiger partial charge >= 0.3 is 5.97 Å². The average Bonchev–Trinajstić information content (AvgIpc) is 2.50. The Morgan fingerprint density at radius 2 is 1.95 bits per heavy atom. The van der Waals surface area contributed by atoms with Gasteiger partial charge in [0.25, 0.3) is 11.8 Å². The fraction of sp³-hybridized carbons (Fsp3) is 0.267. The van der Waals surface area contributed by atoms with Gasteiger partial charge in [0.2, 0.25) is 0 Å². The first-order valence-electron chi connectivity index (χ1n) is 6.37. The summed E-state index contributed by atoms with van der Waals surface area (Å²) in [5.41, 5.74) is 0.412. The van der Waals surface area contributed by atoms with Gasteiger partial charge in [-0.3, -0.25) is 9.59 Å². The van der Waals surface area contributed by atoms with Crippen LogP contribution in [-0.4, -0.2) is 37.0 Å². The van der Waals surface area contributed by atoms with Gasteiger partial charge < -0.3 is 15.4 Å². The molecule has 0 unspecified atom stereocenters. The molecule has 0 bridgehead atoms. The van der Waals surface area contributed by atoms with Crippen molar-refractivity contribution in [1.82, 2.24) is 10.6 Å². The minimum atomic E-state index is -0.878. The molecule has 1 aromatic carbocycles. The summed E-state index contributed by atoms with van der Waals surface area (Å²) in [6, 6.07) is 5.79. The third kappa shape index (κ3) is 5.97. The van der Waals surface area contributed by atoms with Crippen LogP contribution in [-0.2, 0) is 14.3 Å². The summed E-state index contributed by atoms with van der Waals surface area (Å²) in [6.45, 7) is 1.09. The van der Waals surface area contributed by atoms with E-state index in [1.54, 1.807) is 24.3 Å². The summed E-state index contributed by atoms with van der Waals surface area (Å²) < 4.78 is 5.62. The largest absolute Gasteiger partial charge is 0.454 e. The van der Waals surface area contributed by atoms with E-state index in [-0.39, 0.29) is 6.54 Å². The fourth-order valence-corrected chi connectivity index (χ4v) is 1.67. The lowest BCUT2D eigenvalue weighted by Gasteiger charge is -2.13. The number of carbonyl (C=O) groups is 3. The van der Waals surface area contributed by atoms with E-state index in [0.29, 0.717) is 5.56 Å². The number of halogens is 1. The van der Waals surface area contributed by atoms with Gasteiger partial charge in [0.1, 0.15) is 6.04 Å². The van der Waals surface area contributed by atoms with Crippen LogP contribution in [0.25, 0.3) is 0 Å². The molecule has 7 heteroatoms. The maximum absolute atomic E-state index is 11.9. The zero-order valence-electron chi connectivity index (χ0n) is 11.9. The van der Waals surface area contributed by atoms with E-state index in [2.05, 4.69) is 32.5 Å². The zero-order valence-corrected chi connectivity index (χ0v) is 13.5. The van der Waals surface area contributed by atoms with Crippen molar-refractivity contribution in [3.63, 3.8) is 0 Å². The van der Waals surface area contributed by atoms with Gasteiger partial charge in [-0.2, -0.15) is 0 Å². The fourth-order valence-electron chi connectivity index (χ4n) is 1.40. The number of hydrogen-bond donors (Lipinski definition) is 2. The van der Waals surface area contributed by atoms with Crippen LogP contribution in [0.2, 0.25) is 0 Å². The Labute approximate surface area is 136 Å². The Morgan fingerprint density at radius 3 is 2.55 bits per heavy atom. The molecule has 0 spiro atoms. The Hall–Kier alpha value is -2.33. The number of nitrogens with one attached hydrogen (secondary N) is 2. The van der Waals surface area contributed by atoms with Crippen molar-refractivity contribution < 1.29 is 19.1 Å². The van der Waals surface area contributed by atoms with Gasteiger partial charge in [-0.05, 0) is 31.2 Å². The van der Waals surface area contributed by atoms with Crippen molar-refractivity contribution in [3.05, 3.63) is 34.3 Å². The highest BCUT2D eigenvalue weighted by atomic mass is 79.9. The number of ether oxygens (including phenoxy) is 1. The molecular formula is C15H15BrN2O4. The van der Waals surface area contributed by atoms with Crippen molar-refractivity contribution >= 4 is 33.7 Å². The molecule has 6 nitrogen and oxygen atoms in total. The molecule has 2 N–H and O–H groups in total. The molecule has 0 aliphatic heterocycles. The quantitative estimate of drug-likeness (QED) is 0.577. The minimum absolute atomic E-state index is 0.0617. The van der Waals surface area contributed by atoms with Crippen LogP contribution >= 0.6 is 15.9 Å². The number of amides is 2. The predicted molar refractivity (Wildman–Crippen MR) is 83.9 cm³/mol. The third-order valence-electron chi connectivity index (χ3n) is 2.54. The number of terminal acetylenes is 1. The van der Waals surface area contributed by atoms with Gasteiger partial charge in [0.15, 0.2) is 6.61 Å². The first-order chi connectivity index (χ1) is 10.4. The van der Waals surface area contributed by atoms with Gasteiger partial charge in [-0.1, -0.05) is 21.9 Å². The molecule has 1 aromatic rings. The molecule has 0 aliphatic rings. The highest BCUT2D eigenvalue weighted by Crippen LogP contribution is 2.10. The Morgan fingerprint density at radius 1 is 1.32 bits per heavy atom. The Kier molecular flexibility index (Phi) is 7.13. The summed E-state index contributed by atoms with van der Waals surface area (Å²) in [5.74, 6) is 0.607. The Balaban J connectivity index is 2.43. The van der Waals surface area contributed by atoms with Gasteiger partial charge in [-0.15, -0.1) is 6.42 Å². The molecule has 0 heterocycles. The summed E-state index contributed by atoms with van der Waals surface area (Å²) in [5, 5.41) is 4.84. The smallest absolute Gasteiger partial charge is 0.328 e. The summed E-state index contributed by atoms with van der Waals surface area (Å²) in [4.78, 5) is 34.8. The van der Waals surface area contributed by atoms with E-state index in [0.717, 1.165) is 4.47 Å². The Bertz CT molecular complexity index is 593. The topological polar surface area (TPSA) is 84.5 Å². The van der Waals surface area contributed by atoms with Crippen molar-refractivity contribution in [1.29, 1.82) is 0 Å².